The van der Waals surface area contributed by atoms with Gasteiger partial charge < -0.3 is 9.47 Å². The number of allylic oxidation sites excluding steroid dienone is 1. The number of fused-ring (bicyclic) bond motifs is 5. The van der Waals surface area contributed by atoms with Crippen molar-refractivity contribution in [2.24, 2.45) is 35.0 Å². The number of rotatable bonds is 3. The third kappa shape index (κ3) is 4.09. The lowest BCUT2D eigenvalue weighted by molar-refractivity contribution is -0.289. The lowest BCUT2D eigenvalue weighted by Crippen LogP contribution is -2.57. The molecule has 0 bridgehead atoms. The van der Waals surface area contributed by atoms with Crippen LogP contribution >= 0.6 is 0 Å². The van der Waals surface area contributed by atoms with E-state index in [2.05, 4.69) is 13.0 Å². The SMILES string of the molecule is CC(=O)O[C@]1(C(F)(F)F)CC[C@H]2[C@H](CC[C@@H]3[C@@H]2CC[C@]2(C)[C@H](OC(=O)c4ccccc4)C=C[C@@H]32)C1. The first-order valence-electron chi connectivity index (χ1n) is 12.7. The number of alkyl halides is 3. The predicted octanol–water partition coefficient (Wildman–Crippen LogP) is 6.50. The highest BCUT2D eigenvalue weighted by atomic mass is 19.4. The molecule has 0 N–H and O–H groups in total. The Kier molecular flexibility index (Phi) is 6.04. The van der Waals surface area contributed by atoms with Gasteiger partial charge in [0.1, 0.15) is 6.10 Å². The molecule has 7 heteroatoms. The molecule has 5 rings (SSSR count). The summed E-state index contributed by atoms with van der Waals surface area (Å²) in [6.45, 7) is 3.26. The average molecular weight is 491 g/mol. The molecule has 0 unspecified atom stereocenters. The summed E-state index contributed by atoms with van der Waals surface area (Å²) in [5.74, 6) is -0.0960. The van der Waals surface area contributed by atoms with E-state index in [0.717, 1.165) is 26.2 Å². The van der Waals surface area contributed by atoms with E-state index in [4.69, 9.17) is 9.47 Å². The fraction of sp³-hybridized carbons (Fsp3) is 0.643. The Hall–Kier alpha value is -2.31. The van der Waals surface area contributed by atoms with Gasteiger partial charge in [-0.05, 0) is 92.7 Å². The Bertz CT molecular complexity index is 1010. The maximum Gasteiger partial charge on any atom is 0.428 e. The zero-order chi connectivity index (χ0) is 25.0. The molecule has 0 radical (unpaired) electrons. The zero-order valence-electron chi connectivity index (χ0n) is 20.2. The minimum Gasteiger partial charge on any atom is -0.454 e. The molecule has 0 amide bonds. The van der Waals surface area contributed by atoms with Gasteiger partial charge in [-0.1, -0.05) is 31.2 Å². The molecule has 4 nitrogen and oxygen atoms in total. The Labute approximate surface area is 204 Å². The van der Waals surface area contributed by atoms with Gasteiger partial charge in [-0.15, -0.1) is 0 Å². The maximum atomic E-state index is 14.0. The van der Waals surface area contributed by atoms with Gasteiger partial charge in [0.05, 0.1) is 5.56 Å². The molecular formula is C28H33F3O4. The van der Waals surface area contributed by atoms with Gasteiger partial charge in [0.2, 0.25) is 5.60 Å². The van der Waals surface area contributed by atoms with E-state index in [-0.39, 0.29) is 48.1 Å². The summed E-state index contributed by atoms with van der Waals surface area (Å²) in [6, 6.07) is 8.98. The highest BCUT2D eigenvalue weighted by molar-refractivity contribution is 5.89. The van der Waals surface area contributed by atoms with E-state index in [1.165, 1.54) is 0 Å². The van der Waals surface area contributed by atoms with Crippen molar-refractivity contribution in [3.63, 3.8) is 0 Å². The van der Waals surface area contributed by atoms with Crippen LogP contribution in [0.1, 0.15) is 69.2 Å². The minimum atomic E-state index is -4.56. The molecule has 0 aromatic heterocycles. The first-order chi connectivity index (χ1) is 16.5. The van der Waals surface area contributed by atoms with Crippen molar-refractivity contribution in [2.45, 2.75) is 76.7 Å². The molecule has 3 fully saturated rings. The maximum absolute atomic E-state index is 14.0. The van der Waals surface area contributed by atoms with Crippen molar-refractivity contribution in [2.75, 3.05) is 0 Å². The summed E-state index contributed by atoms with van der Waals surface area (Å²) < 4.78 is 53.0. The van der Waals surface area contributed by atoms with Gasteiger partial charge in [-0.2, -0.15) is 13.2 Å². The predicted molar refractivity (Wildman–Crippen MR) is 123 cm³/mol. The van der Waals surface area contributed by atoms with Crippen LogP contribution in [-0.2, 0) is 14.3 Å². The van der Waals surface area contributed by atoms with Crippen LogP contribution in [0.25, 0.3) is 0 Å². The van der Waals surface area contributed by atoms with Crippen LogP contribution in [-0.4, -0.2) is 29.8 Å². The van der Waals surface area contributed by atoms with Crippen LogP contribution in [0.15, 0.2) is 42.5 Å². The van der Waals surface area contributed by atoms with E-state index < -0.39 is 17.7 Å². The number of benzene rings is 1. The normalized spacial score (nSPS) is 40.3. The van der Waals surface area contributed by atoms with Crippen LogP contribution in [0.5, 0.6) is 0 Å². The summed E-state index contributed by atoms with van der Waals surface area (Å²) in [4.78, 5) is 24.3. The Morgan fingerprint density at radius 1 is 0.943 bits per heavy atom. The number of hydrogen-bond donors (Lipinski definition) is 0. The largest absolute Gasteiger partial charge is 0.454 e. The van der Waals surface area contributed by atoms with Gasteiger partial charge in [-0.3, -0.25) is 4.79 Å². The van der Waals surface area contributed by atoms with Crippen LogP contribution in [0, 0.1) is 35.0 Å². The second-order valence-corrected chi connectivity index (χ2v) is 11.3. The quantitative estimate of drug-likeness (QED) is 0.358. The van der Waals surface area contributed by atoms with Gasteiger partial charge in [0, 0.05) is 12.3 Å². The van der Waals surface area contributed by atoms with Crippen LogP contribution in [0.3, 0.4) is 0 Å². The van der Waals surface area contributed by atoms with Crippen molar-refractivity contribution in [1.29, 1.82) is 0 Å². The van der Waals surface area contributed by atoms with E-state index in [1.807, 2.05) is 24.3 Å². The number of halogens is 3. The molecule has 8 atom stereocenters. The Morgan fingerprint density at radius 3 is 2.34 bits per heavy atom. The molecule has 3 saturated carbocycles. The van der Waals surface area contributed by atoms with Gasteiger partial charge in [-0.25, -0.2) is 4.79 Å². The molecule has 35 heavy (non-hydrogen) atoms. The second-order valence-electron chi connectivity index (χ2n) is 11.3. The first-order valence-corrected chi connectivity index (χ1v) is 12.7. The molecule has 0 spiro atoms. The first kappa shape index (κ1) is 24.4. The zero-order valence-corrected chi connectivity index (χ0v) is 20.2. The molecule has 4 aliphatic rings. The van der Waals surface area contributed by atoms with Crippen molar-refractivity contribution in [3.8, 4) is 0 Å². The summed E-state index contributed by atoms with van der Waals surface area (Å²) in [5.41, 5.74) is -2.01. The summed E-state index contributed by atoms with van der Waals surface area (Å²) >= 11 is 0. The molecule has 4 aliphatic carbocycles. The third-order valence-corrected chi connectivity index (χ3v) is 9.53. The van der Waals surface area contributed by atoms with E-state index in [9.17, 15) is 22.8 Å². The number of carbonyl (C=O) groups is 2. The molecule has 0 aliphatic heterocycles. The molecule has 190 valence electrons. The van der Waals surface area contributed by atoms with Crippen molar-refractivity contribution in [3.05, 3.63) is 48.0 Å². The molecule has 1 aromatic carbocycles. The number of carbonyl (C=O) groups excluding carboxylic acids is 2. The molecule has 0 saturated heterocycles. The minimum absolute atomic E-state index is 0.0904. The summed E-state index contributed by atoms with van der Waals surface area (Å²) in [5, 5.41) is 0. The topological polar surface area (TPSA) is 52.6 Å². The third-order valence-electron chi connectivity index (χ3n) is 9.53. The lowest BCUT2D eigenvalue weighted by atomic mass is 9.49. The smallest absolute Gasteiger partial charge is 0.428 e. The number of ether oxygens (including phenoxy) is 2. The fourth-order valence-electron chi connectivity index (χ4n) is 7.89. The Balaban J connectivity index is 1.30. The highest BCUT2D eigenvalue weighted by Crippen LogP contribution is 2.63. The number of hydrogen-bond acceptors (Lipinski definition) is 4. The van der Waals surface area contributed by atoms with Gasteiger partial charge >= 0.3 is 18.1 Å². The van der Waals surface area contributed by atoms with Crippen LogP contribution in [0.2, 0.25) is 0 Å². The van der Waals surface area contributed by atoms with Crippen molar-refractivity contribution in [1.82, 2.24) is 0 Å². The van der Waals surface area contributed by atoms with E-state index in [0.29, 0.717) is 30.2 Å². The second kappa shape index (κ2) is 8.67. The highest BCUT2D eigenvalue weighted by Gasteiger charge is 2.64. The summed E-state index contributed by atoms with van der Waals surface area (Å²) in [6.07, 6.45) is 2.86. The molecular weight excluding hydrogens is 457 g/mol. The Morgan fingerprint density at radius 2 is 1.66 bits per heavy atom. The summed E-state index contributed by atoms with van der Waals surface area (Å²) in [7, 11) is 0. The standard InChI is InChI=1S/C28H33F3O4/c1-17(32)35-27(28(29,30)31)15-13-20-19(16-27)8-9-22-21(20)12-14-26(2)23(22)10-11-24(26)34-25(33)18-6-4-3-5-7-18/h3-7,10-11,19-24H,8-9,12-16H2,1-2H3/t19-,20+,21-,22-,23+,24-,26+,27-/m1/s1. The molecule has 0 heterocycles. The fourth-order valence-corrected chi connectivity index (χ4v) is 7.89. The van der Waals surface area contributed by atoms with Crippen LogP contribution in [0.4, 0.5) is 13.2 Å². The monoisotopic (exact) mass is 490 g/mol. The van der Waals surface area contributed by atoms with Crippen molar-refractivity contribution < 1.29 is 32.2 Å². The molecule has 1 aromatic rings. The van der Waals surface area contributed by atoms with Gasteiger partial charge in [0.15, 0.2) is 0 Å². The average Bonchev–Trinajstić information content (AvgIpc) is 3.14. The number of esters is 2. The van der Waals surface area contributed by atoms with Gasteiger partial charge in [0.25, 0.3) is 0 Å². The van der Waals surface area contributed by atoms with Crippen LogP contribution < -0.4 is 0 Å². The van der Waals surface area contributed by atoms with Crippen molar-refractivity contribution >= 4 is 11.9 Å². The van der Waals surface area contributed by atoms with E-state index >= 15 is 0 Å². The van der Waals surface area contributed by atoms with E-state index in [1.54, 1.807) is 12.1 Å². The lowest BCUT2D eigenvalue weighted by Gasteiger charge is -2.57.